The van der Waals surface area contributed by atoms with E-state index in [9.17, 15) is 0 Å². The Morgan fingerprint density at radius 2 is 2.12 bits per heavy atom. The number of fused-ring (bicyclic) bond motifs is 1. The summed E-state index contributed by atoms with van der Waals surface area (Å²) in [5.41, 5.74) is 6.89. The van der Waals surface area contributed by atoms with E-state index < -0.39 is 0 Å². The number of hydrogen-bond acceptors (Lipinski definition) is 4. The Morgan fingerprint density at radius 3 is 2.88 bits per heavy atom. The van der Waals surface area contributed by atoms with E-state index in [1.165, 1.54) is 15.0 Å². The second-order valence-corrected chi connectivity index (χ2v) is 5.64. The molecule has 4 heteroatoms. The minimum atomic E-state index is 0.902. The molecule has 0 atom stereocenters. The Balaban J connectivity index is 1.83. The van der Waals surface area contributed by atoms with Crippen LogP contribution in [0, 0.1) is 0 Å². The maximum atomic E-state index is 5.99. The lowest BCUT2D eigenvalue weighted by molar-refractivity contribution is 0.235. The highest BCUT2D eigenvalue weighted by Crippen LogP contribution is 2.30. The molecule has 1 aliphatic heterocycles. The van der Waals surface area contributed by atoms with Gasteiger partial charge in [-0.05, 0) is 17.5 Å². The van der Waals surface area contributed by atoms with Crippen molar-refractivity contribution in [2.24, 2.45) is 0 Å². The Labute approximate surface area is 105 Å². The number of nitrogens with zero attached hydrogens (tertiary/aromatic N) is 1. The lowest BCUT2D eigenvalue weighted by atomic mass is 10.2. The third-order valence-corrected chi connectivity index (χ3v) is 4.40. The summed E-state index contributed by atoms with van der Waals surface area (Å²) in [5, 5.41) is 4.66. The summed E-state index contributed by atoms with van der Waals surface area (Å²) in [6.07, 6.45) is 0. The fraction of sp³-hybridized carbons (Fsp3) is 0.385. The quantitative estimate of drug-likeness (QED) is 0.796. The zero-order chi connectivity index (χ0) is 11.7. The molecule has 1 saturated heterocycles. The number of thiophene rings is 1. The van der Waals surface area contributed by atoms with Gasteiger partial charge in [0.15, 0.2) is 0 Å². The lowest BCUT2D eigenvalue weighted by Gasteiger charge is -2.26. The Morgan fingerprint density at radius 1 is 1.29 bits per heavy atom. The van der Waals surface area contributed by atoms with Crippen molar-refractivity contribution in [3.05, 3.63) is 29.1 Å². The highest BCUT2D eigenvalue weighted by atomic mass is 32.1. The van der Waals surface area contributed by atoms with Gasteiger partial charge in [0, 0.05) is 43.3 Å². The molecule has 3 nitrogen and oxygen atoms in total. The predicted octanol–water partition coefficient (Wildman–Crippen LogP) is 1.89. The van der Waals surface area contributed by atoms with Gasteiger partial charge >= 0.3 is 0 Å². The van der Waals surface area contributed by atoms with Crippen LogP contribution in [0.4, 0.5) is 5.69 Å². The van der Waals surface area contributed by atoms with Gasteiger partial charge in [-0.15, -0.1) is 11.3 Å². The molecule has 0 amide bonds. The topological polar surface area (TPSA) is 41.3 Å². The normalized spacial score (nSPS) is 17.6. The summed E-state index contributed by atoms with van der Waals surface area (Å²) in [6.45, 7) is 5.55. The SMILES string of the molecule is Nc1cccc2cc(CN3CCNCC3)sc12. The van der Waals surface area contributed by atoms with E-state index in [1.54, 1.807) is 0 Å². The van der Waals surface area contributed by atoms with Crippen molar-refractivity contribution in [3.63, 3.8) is 0 Å². The first-order valence-electron chi connectivity index (χ1n) is 6.03. The molecule has 17 heavy (non-hydrogen) atoms. The van der Waals surface area contributed by atoms with E-state index in [0.29, 0.717) is 0 Å². The van der Waals surface area contributed by atoms with Crippen molar-refractivity contribution in [1.29, 1.82) is 0 Å². The van der Waals surface area contributed by atoms with Gasteiger partial charge in [0.05, 0.1) is 4.70 Å². The number of nitrogen functional groups attached to an aromatic ring is 1. The van der Waals surface area contributed by atoms with Gasteiger partial charge in [0.2, 0.25) is 0 Å². The molecule has 3 N–H and O–H groups in total. The summed E-state index contributed by atoms with van der Waals surface area (Å²) >= 11 is 1.83. The molecule has 0 aliphatic carbocycles. The first kappa shape index (κ1) is 11.0. The maximum Gasteiger partial charge on any atom is 0.0575 e. The molecule has 0 spiro atoms. The van der Waals surface area contributed by atoms with Crippen molar-refractivity contribution in [3.8, 4) is 0 Å². The van der Waals surface area contributed by atoms with Crippen LogP contribution in [0.25, 0.3) is 10.1 Å². The summed E-state index contributed by atoms with van der Waals surface area (Å²) in [6, 6.07) is 8.42. The Hall–Kier alpha value is -1.10. The van der Waals surface area contributed by atoms with Gasteiger partial charge in [0.25, 0.3) is 0 Å². The Bertz CT molecular complexity index is 514. The number of anilines is 1. The van der Waals surface area contributed by atoms with Crippen molar-refractivity contribution >= 4 is 27.1 Å². The summed E-state index contributed by atoms with van der Waals surface area (Å²) in [4.78, 5) is 3.91. The van der Waals surface area contributed by atoms with E-state index in [4.69, 9.17) is 5.73 Å². The van der Waals surface area contributed by atoms with E-state index in [1.807, 2.05) is 23.5 Å². The second-order valence-electron chi connectivity index (χ2n) is 4.50. The molecule has 0 unspecified atom stereocenters. The average molecular weight is 247 g/mol. The minimum absolute atomic E-state index is 0.902. The van der Waals surface area contributed by atoms with Crippen molar-refractivity contribution < 1.29 is 0 Å². The van der Waals surface area contributed by atoms with Crippen LogP contribution in [0.1, 0.15) is 4.88 Å². The standard InChI is InChI=1S/C13H17N3S/c14-12-3-1-2-10-8-11(17-13(10)12)9-16-6-4-15-5-7-16/h1-3,8,15H,4-7,9,14H2. The molecule has 90 valence electrons. The summed E-state index contributed by atoms with van der Waals surface area (Å²) in [7, 11) is 0. The number of rotatable bonds is 2. The molecule has 2 aromatic rings. The van der Waals surface area contributed by atoms with Crippen LogP contribution >= 0.6 is 11.3 Å². The molecule has 0 radical (unpaired) electrons. The van der Waals surface area contributed by atoms with E-state index in [-0.39, 0.29) is 0 Å². The number of hydrogen-bond donors (Lipinski definition) is 2. The fourth-order valence-corrected chi connectivity index (χ4v) is 3.43. The number of piperazine rings is 1. The Kier molecular flexibility index (Phi) is 3.01. The van der Waals surface area contributed by atoms with Gasteiger partial charge in [-0.25, -0.2) is 0 Å². The van der Waals surface area contributed by atoms with Crippen LogP contribution in [-0.4, -0.2) is 31.1 Å². The zero-order valence-corrected chi connectivity index (χ0v) is 10.6. The predicted molar refractivity (Wildman–Crippen MR) is 74.4 cm³/mol. The highest BCUT2D eigenvalue weighted by Gasteiger charge is 2.12. The van der Waals surface area contributed by atoms with Crippen LogP contribution in [0.2, 0.25) is 0 Å². The van der Waals surface area contributed by atoms with Crippen molar-refractivity contribution in [2.45, 2.75) is 6.54 Å². The highest BCUT2D eigenvalue weighted by molar-refractivity contribution is 7.19. The van der Waals surface area contributed by atoms with Crippen LogP contribution in [-0.2, 0) is 6.54 Å². The molecule has 3 rings (SSSR count). The first-order valence-corrected chi connectivity index (χ1v) is 6.84. The molecular weight excluding hydrogens is 230 g/mol. The molecule has 1 aromatic carbocycles. The average Bonchev–Trinajstić information content (AvgIpc) is 2.74. The fourth-order valence-electron chi connectivity index (χ4n) is 2.31. The third-order valence-electron chi connectivity index (χ3n) is 3.21. The molecule has 1 fully saturated rings. The lowest BCUT2D eigenvalue weighted by Crippen LogP contribution is -2.42. The van der Waals surface area contributed by atoms with Crippen LogP contribution in [0.5, 0.6) is 0 Å². The maximum absolute atomic E-state index is 5.99. The van der Waals surface area contributed by atoms with Crippen LogP contribution in [0.15, 0.2) is 24.3 Å². The minimum Gasteiger partial charge on any atom is -0.398 e. The van der Waals surface area contributed by atoms with E-state index >= 15 is 0 Å². The second kappa shape index (κ2) is 4.64. The number of benzene rings is 1. The molecular formula is C13H17N3S. The number of nitrogens with one attached hydrogen (secondary N) is 1. The van der Waals surface area contributed by atoms with Crippen molar-refractivity contribution in [1.82, 2.24) is 10.2 Å². The smallest absolute Gasteiger partial charge is 0.0575 e. The number of nitrogens with two attached hydrogens (primary N) is 1. The van der Waals surface area contributed by atoms with Gasteiger partial charge in [-0.3, -0.25) is 4.90 Å². The van der Waals surface area contributed by atoms with Crippen molar-refractivity contribution in [2.75, 3.05) is 31.9 Å². The van der Waals surface area contributed by atoms with Crippen LogP contribution in [0.3, 0.4) is 0 Å². The van der Waals surface area contributed by atoms with Gasteiger partial charge in [-0.2, -0.15) is 0 Å². The van der Waals surface area contributed by atoms with E-state index in [2.05, 4.69) is 22.3 Å². The van der Waals surface area contributed by atoms with Gasteiger partial charge in [-0.1, -0.05) is 12.1 Å². The summed E-state index contributed by atoms with van der Waals surface area (Å²) < 4.78 is 1.23. The largest absolute Gasteiger partial charge is 0.398 e. The molecule has 0 saturated carbocycles. The molecule has 0 bridgehead atoms. The molecule has 1 aliphatic rings. The van der Waals surface area contributed by atoms with Gasteiger partial charge in [0.1, 0.15) is 0 Å². The monoisotopic (exact) mass is 247 g/mol. The molecule has 1 aromatic heterocycles. The third kappa shape index (κ3) is 2.29. The van der Waals surface area contributed by atoms with E-state index in [0.717, 1.165) is 38.4 Å². The zero-order valence-electron chi connectivity index (χ0n) is 9.78. The molecule has 2 heterocycles. The van der Waals surface area contributed by atoms with Gasteiger partial charge < -0.3 is 11.1 Å². The summed E-state index contributed by atoms with van der Waals surface area (Å²) in [5.74, 6) is 0. The first-order chi connectivity index (χ1) is 8.33. The van der Waals surface area contributed by atoms with Crippen LogP contribution < -0.4 is 11.1 Å².